The molecule has 0 spiro atoms. The summed E-state index contributed by atoms with van der Waals surface area (Å²) in [4.78, 5) is 14.5. The van der Waals surface area contributed by atoms with E-state index < -0.39 is 31.9 Å². The number of carbonyl (C=O) groups is 1. The number of hydrogen-bond acceptors (Lipinski definition) is 6. The van der Waals surface area contributed by atoms with Crippen molar-refractivity contribution in [2.75, 3.05) is 12.8 Å². The first-order chi connectivity index (χ1) is 9.64. The van der Waals surface area contributed by atoms with Crippen molar-refractivity contribution in [3.05, 3.63) is 18.3 Å². The van der Waals surface area contributed by atoms with Crippen LogP contribution in [0.25, 0.3) is 0 Å². The van der Waals surface area contributed by atoms with E-state index in [1.165, 1.54) is 0 Å². The van der Waals surface area contributed by atoms with Gasteiger partial charge in [-0.3, -0.25) is 4.79 Å². The molecule has 116 valence electrons. The lowest BCUT2D eigenvalue weighted by atomic mass is 10.2. The molecule has 1 aromatic heterocycles. The summed E-state index contributed by atoms with van der Waals surface area (Å²) in [6.45, 7) is 0.118. The summed E-state index contributed by atoms with van der Waals surface area (Å²) in [5.74, 6) is -1.20. The Bertz CT molecular complexity index is 754. The summed E-state index contributed by atoms with van der Waals surface area (Å²) >= 11 is 0. The Morgan fingerprint density at radius 1 is 1.33 bits per heavy atom. The molecule has 0 saturated carbocycles. The lowest BCUT2D eigenvalue weighted by Gasteiger charge is -2.20. The number of aliphatic carboxylic acids is 1. The summed E-state index contributed by atoms with van der Waals surface area (Å²) in [5, 5.41) is 8.81. The molecule has 10 heteroatoms. The van der Waals surface area contributed by atoms with Gasteiger partial charge in [-0.15, -0.1) is 0 Å². The van der Waals surface area contributed by atoms with Crippen LogP contribution in [0.4, 0.5) is 0 Å². The molecule has 0 radical (unpaired) electrons. The van der Waals surface area contributed by atoms with Gasteiger partial charge in [0.2, 0.25) is 10.0 Å². The van der Waals surface area contributed by atoms with E-state index in [0.717, 1.165) is 28.9 Å². The zero-order valence-corrected chi connectivity index (χ0v) is 12.8. The molecule has 1 saturated heterocycles. The fraction of sp³-hybridized carbons (Fsp3) is 0.455. The number of nitrogens with zero attached hydrogens (tertiary/aromatic N) is 2. The number of carboxylic acid groups (broad SMARTS) is 1. The summed E-state index contributed by atoms with van der Waals surface area (Å²) in [7, 11) is -7.52. The third-order valence-corrected chi connectivity index (χ3v) is 6.08. The average molecular weight is 334 g/mol. The maximum Gasteiger partial charge on any atom is 0.322 e. The normalized spacial score (nSPS) is 20.5. The molecule has 2 rings (SSSR count). The Morgan fingerprint density at radius 3 is 2.48 bits per heavy atom. The minimum Gasteiger partial charge on any atom is -0.480 e. The maximum absolute atomic E-state index is 12.4. The molecule has 0 unspecified atom stereocenters. The van der Waals surface area contributed by atoms with Crippen molar-refractivity contribution < 1.29 is 26.7 Å². The SMILES string of the molecule is CS(=O)(=O)c1ccc(S(=O)(=O)N2CCC[C@H]2C(=O)O)cn1. The smallest absolute Gasteiger partial charge is 0.322 e. The highest BCUT2D eigenvalue weighted by atomic mass is 32.2. The predicted octanol–water partition coefficient (Wildman–Crippen LogP) is -0.277. The minimum atomic E-state index is -4.00. The van der Waals surface area contributed by atoms with Gasteiger partial charge in [0, 0.05) is 19.0 Å². The quantitative estimate of drug-likeness (QED) is 0.803. The van der Waals surface area contributed by atoms with Crippen molar-refractivity contribution in [1.29, 1.82) is 0 Å². The first-order valence-electron chi connectivity index (χ1n) is 6.05. The van der Waals surface area contributed by atoms with Crippen LogP contribution in [-0.2, 0) is 24.7 Å². The first kappa shape index (κ1) is 15.9. The second kappa shape index (κ2) is 5.35. The fourth-order valence-corrected chi connectivity index (χ4v) is 4.30. The van der Waals surface area contributed by atoms with Crippen molar-refractivity contribution >= 4 is 25.8 Å². The van der Waals surface area contributed by atoms with Crippen molar-refractivity contribution in [2.24, 2.45) is 0 Å². The molecule has 1 aliphatic rings. The van der Waals surface area contributed by atoms with E-state index in [1.54, 1.807) is 0 Å². The predicted molar refractivity (Wildman–Crippen MR) is 71.9 cm³/mol. The van der Waals surface area contributed by atoms with Crippen LogP contribution >= 0.6 is 0 Å². The van der Waals surface area contributed by atoms with E-state index in [4.69, 9.17) is 5.11 Å². The van der Waals surface area contributed by atoms with Crippen molar-refractivity contribution in [3.8, 4) is 0 Å². The van der Waals surface area contributed by atoms with Gasteiger partial charge in [-0.25, -0.2) is 21.8 Å². The Kier molecular flexibility index (Phi) is 4.04. The van der Waals surface area contributed by atoms with E-state index in [1.807, 2.05) is 0 Å². The fourth-order valence-electron chi connectivity index (χ4n) is 2.15. The van der Waals surface area contributed by atoms with E-state index >= 15 is 0 Å². The van der Waals surface area contributed by atoms with Crippen LogP contribution in [0.5, 0.6) is 0 Å². The molecule has 1 aliphatic heterocycles. The average Bonchev–Trinajstić information content (AvgIpc) is 2.88. The van der Waals surface area contributed by atoms with Crippen LogP contribution in [0, 0.1) is 0 Å². The van der Waals surface area contributed by atoms with Crippen molar-refractivity contribution in [3.63, 3.8) is 0 Å². The largest absolute Gasteiger partial charge is 0.480 e. The first-order valence-corrected chi connectivity index (χ1v) is 9.38. The Labute approximate surface area is 122 Å². The van der Waals surface area contributed by atoms with E-state index in [0.29, 0.717) is 6.42 Å². The summed E-state index contributed by atoms with van der Waals surface area (Å²) in [6.07, 6.45) is 2.61. The number of hydrogen-bond donors (Lipinski definition) is 1. The van der Waals surface area contributed by atoms with Crippen molar-refractivity contribution in [1.82, 2.24) is 9.29 Å². The van der Waals surface area contributed by atoms with Crippen molar-refractivity contribution in [2.45, 2.75) is 28.8 Å². The number of sulfonamides is 1. The second-order valence-corrected chi connectivity index (χ2v) is 8.57. The van der Waals surface area contributed by atoms with Crippen LogP contribution in [0.3, 0.4) is 0 Å². The van der Waals surface area contributed by atoms with Gasteiger partial charge in [0.25, 0.3) is 0 Å². The third kappa shape index (κ3) is 3.06. The van der Waals surface area contributed by atoms with Gasteiger partial charge in [0.1, 0.15) is 10.9 Å². The van der Waals surface area contributed by atoms with E-state index in [-0.39, 0.29) is 22.9 Å². The molecule has 1 N–H and O–H groups in total. The monoisotopic (exact) mass is 334 g/mol. The molecule has 1 atom stereocenters. The van der Waals surface area contributed by atoms with Gasteiger partial charge in [-0.1, -0.05) is 0 Å². The standard InChI is InChI=1S/C11H14N2O6S2/c1-20(16,17)10-5-4-8(7-12-10)21(18,19)13-6-2-3-9(13)11(14)15/h4-5,7,9H,2-3,6H2,1H3,(H,14,15)/t9-/m0/s1. The summed E-state index contributed by atoms with van der Waals surface area (Å²) in [5.41, 5.74) is 0. The molecule has 0 aromatic carbocycles. The van der Waals surface area contributed by atoms with Crippen LogP contribution in [0.2, 0.25) is 0 Å². The highest BCUT2D eigenvalue weighted by molar-refractivity contribution is 7.90. The summed E-state index contributed by atoms with van der Waals surface area (Å²) < 4.78 is 48.3. The Balaban J connectivity index is 2.38. The molecular weight excluding hydrogens is 320 g/mol. The van der Waals surface area contributed by atoms with Gasteiger partial charge >= 0.3 is 5.97 Å². The lowest BCUT2D eigenvalue weighted by Crippen LogP contribution is -2.40. The molecular formula is C11H14N2O6S2. The number of aromatic nitrogens is 1. The number of sulfone groups is 1. The molecule has 0 bridgehead atoms. The number of rotatable bonds is 4. The molecule has 0 aliphatic carbocycles. The Hall–Kier alpha value is -1.52. The van der Waals surface area contributed by atoms with Gasteiger partial charge in [0.05, 0.1) is 0 Å². The van der Waals surface area contributed by atoms with Gasteiger partial charge in [-0.2, -0.15) is 4.31 Å². The molecule has 1 fully saturated rings. The maximum atomic E-state index is 12.4. The van der Waals surface area contributed by atoms with Crippen LogP contribution < -0.4 is 0 Å². The molecule has 0 amide bonds. The van der Waals surface area contributed by atoms with Crippen LogP contribution in [0.1, 0.15) is 12.8 Å². The minimum absolute atomic E-state index is 0.118. The zero-order valence-electron chi connectivity index (χ0n) is 11.1. The molecule has 2 heterocycles. The van der Waals surface area contributed by atoms with Gasteiger partial charge in [-0.05, 0) is 25.0 Å². The highest BCUT2D eigenvalue weighted by Crippen LogP contribution is 2.26. The van der Waals surface area contributed by atoms with Crippen LogP contribution in [0.15, 0.2) is 28.3 Å². The van der Waals surface area contributed by atoms with Crippen LogP contribution in [-0.4, -0.2) is 56.0 Å². The molecule has 21 heavy (non-hydrogen) atoms. The van der Waals surface area contributed by atoms with Gasteiger partial charge in [0.15, 0.2) is 14.9 Å². The molecule has 8 nitrogen and oxygen atoms in total. The third-order valence-electron chi connectivity index (χ3n) is 3.18. The summed E-state index contributed by atoms with van der Waals surface area (Å²) in [6, 6.07) is 1.12. The Morgan fingerprint density at radius 2 is 2.00 bits per heavy atom. The highest BCUT2D eigenvalue weighted by Gasteiger charge is 2.39. The lowest BCUT2D eigenvalue weighted by molar-refractivity contribution is -0.140. The zero-order chi connectivity index (χ0) is 15.8. The topological polar surface area (TPSA) is 122 Å². The number of carboxylic acids is 1. The van der Waals surface area contributed by atoms with E-state index in [9.17, 15) is 21.6 Å². The van der Waals surface area contributed by atoms with E-state index in [2.05, 4.69) is 4.98 Å². The number of pyridine rings is 1. The molecule has 1 aromatic rings. The van der Waals surface area contributed by atoms with Gasteiger partial charge < -0.3 is 5.11 Å². The second-order valence-electron chi connectivity index (χ2n) is 4.72.